The van der Waals surface area contributed by atoms with Gasteiger partial charge in [0.1, 0.15) is 12.4 Å². The highest BCUT2D eigenvalue weighted by atomic mass is 79.9. The fraction of sp³-hybridized carbons (Fsp3) is 0.200. The maximum absolute atomic E-state index is 10.7. The molecule has 0 saturated carbocycles. The van der Waals surface area contributed by atoms with Crippen molar-refractivity contribution >= 4 is 33.2 Å². The predicted molar refractivity (Wildman–Crippen MR) is 89.7 cm³/mol. The van der Waals surface area contributed by atoms with Gasteiger partial charge in [-0.3, -0.25) is 10.1 Å². The second-order valence-corrected chi connectivity index (χ2v) is 5.72. The van der Waals surface area contributed by atoms with Gasteiger partial charge in [-0.1, -0.05) is 27.5 Å². The molecule has 0 radical (unpaired) electrons. The Morgan fingerprint density at radius 1 is 1.13 bits per heavy atom. The van der Waals surface area contributed by atoms with Crippen LogP contribution in [-0.2, 0) is 6.61 Å². The molecule has 0 atom stereocenters. The molecule has 0 heterocycles. The van der Waals surface area contributed by atoms with Crippen LogP contribution in [0.1, 0.15) is 5.56 Å². The van der Waals surface area contributed by atoms with Gasteiger partial charge in [-0.25, -0.2) is 0 Å². The summed E-state index contributed by atoms with van der Waals surface area (Å²) in [5.74, 6) is 1.53. The van der Waals surface area contributed by atoms with E-state index in [1.54, 1.807) is 26.4 Å². The summed E-state index contributed by atoms with van der Waals surface area (Å²) < 4.78 is 16.9. The minimum absolute atomic E-state index is 0.0883. The third kappa shape index (κ3) is 4.05. The van der Waals surface area contributed by atoms with Gasteiger partial charge in [0.2, 0.25) is 0 Å². The van der Waals surface area contributed by atoms with E-state index in [0.29, 0.717) is 17.2 Å². The number of nitro benzene ring substituents is 1. The minimum Gasteiger partial charge on any atom is -0.493 e. The highest BCUT2D eigenvalue weighted by Gasteiger charge is 2.13. The Kier molecular flexibility index (Phi) is 5.68. The lowest BCUT2D eigenvalue weighted by Crippen LogP contribution is -2.00. The lowest BCUT2D eigenvalue weighted by atomic mass is 10.2. The van der Waals surface area contributed by atoms with E-state index in [0.717, 1.165) is 10.0 Å². The zero-order valence-corrected chi connectivity index (χ0v) is 14.7. The highest BCUT2D eigenvalue weighted by Crippen LogP contribution is 2.35. The van der Waals surface area contributed by atoms with Gasteiger partial charge in [0.15, 0.2) is 11.5 Å². The first-order valence-corrected chi connectivity index (χ1v) is 7.60. The fourth-order valence-electron chi connectivity index (χ4n) is 1.88. The summed E-state index contributed by atoms with van der Waals surface area (Å²) >= 11 is 9.44. The first-order valence-electron chi connectivity index (χ1n) is 6.43. The SMILES string of the molecule is COc1cc(Br)c(COc2ccc([N+](=O)[O-])cc2Cl)cc1OC. The van der Waals surface area contributed by atoms with Gasteiger partial charge in [0.25, 0.3) is 5.69 Å². The van der Waals surface area contributed by atoms with E-state index in [-0.39, 0.29) is 17.3 Å². The number of hydrogen-bond acceptors (Lipinski definition) is 5. The molecule has 0 aromatic heterocycles. The van der Waals surface area contributed by atoms with Crippen LogP contribution in [0.4, 0.5) is 5.69 Å². The van der Waals surface area contributed by atoms with Gasteiger partial charge in [-0.05, 0) is 18.2 Å². The number of nitrogens with zero attached hydrogens (tertiary/aromatic N) is 1. The number of benzene rings is 2. The Balaban J connectivity index is 2.19. The molecule has 23 heavy (non-hydrogen) atoms. The van der Waals surface area contributed by atoms with Crippen molar-refractivity contribution in [2.24, 2.45) is 0 Å². The first kappa shape index (κ1) is 17.4. The first-order chi connectivity index (χ1) is 11.0. The number of nitro groups is 1. The molecule has 0 aliphatic rings. The third-order valence-corrected chi connectivity index (χ3v) is 4.10. The fourth-order valence-corrected chi connectivity index (χ4v) is 2.55. The largest absolute Gasteiger partial charge is 0.493 e. The van der Waals surface area contributed by atoms with E-state index in [9.17, 15) is 10.1 Å². The van der Waals surface area contributed by atoms with E-state index in [4.69, 9.17) is 25.8 Å². The van der Waals surface area contributed by atoms with Crippen LogP contribution < -0.4 is 14.2 Å². The van der Waals surface area contributed by atoms with Crippen molar-refractivity contribution in [2.45, 2.75) is 6.61 Å². The lowest BCUT2D eigenvalue weighted by molar-refractivity contribution is -0.384. The maximum Gasteiger partial charge on any atom is 0.271 e. The maximum atomic E-state index is 10.7. The van der Waals surface area contributed by atoms with Gasteiger partial charge in [0.05, 0.1) is 24.2 Å². The smallest absolute Gasteiger partial charge is 0.271 e. The lowest BCUT2D eigenvalue weighted by Gasteiger charge is -2.13. The quantitative estimate of drug-likeness (QED) is 0.521. The zero-order chi connectivity index (χ0) is 17.0. The molecule has 0 bridgehead atoms. The summed E-state index contributed by atoms with van der Waals surface area (Å²) in [6.07, 6.45) is 0. The summed E-state index contributed by atoms with van der Waals surface area (Å²) in [4.78, 5) is 10.2. The van der Waals surface area contributed by atoms with Crippen LogP contribution in [0.25, 0.3) is 0 Å². The number of rotatable bonds is 6. The molecular formula is C15H13BrClNO5. The molecule has 0 aliphatic heterocycles. The molecule has 6 nitrogen and oxygen atoms in total. The summed E-state index contributed by atoms with van der Waals surface area (Å²) in [6.45, 7) is 0.207. The summed E-state index contributed by atoms with van der Waals surface area (Å²) in [6, 6.07) is 7.61. The van der Waals surface area contributed by atoms with E-state index >= 15 is 0 Å². The van der Waals surface area contributed by atoms with E-state index in [2.05, 4.69) is 15.9 Å². The van der Waals surface area contributed by atoms with Gasteiger partial charge in [0, 0.05) is 22.2 Å². The van der Waals surface area contributed by atoms with Crippen molar-refractivity contribution in [2.75, 3.05) is 14.2 Å². The number of ether oxygens (including phenoxy) is 3. The standard InChI is InChI=1S/C15H13BrClNO5/c1-21-14-5-9(11(16)7-15(14)22-2)8-23-13-4-3-10(18(19)20)6-12(13)17/h3-7H,8H2,1-2H3. The van der Waals surface area contributed by atoms with Crippen LogP contribution in [0.3, 0.4) is 0 Å². The monoisotopic (exact) mass is 401 g/mol. The van der Waals surface area contributed by atoms with Crippen molar-refractivity contribution < 1.29 is 19.1 Å². The minimum atomic E-state index is -0.513. The molecular weight excluding hydrogens is 390 g/mol. The molecule has 0 N–H and O–H groups in total. The molecule has 2 aromatic carbocycles. The van der Waals surface area contributed by atoms with Crippen LogP contribution >= 0.6 is 27.5 Å². The zero-order valence-electron chi connectivity index (χ0n) is 12.3. The Morgan fingerprint density at radius 2 is 1.78 bits per heavy atom. The number of methoxy groups -OCH3 is 2. The van der Waals surface area contributed by atoms with Crippen molar-refractivity contribution in [3.63, 3.8) is 0 Å². The summed E-state index contributed by atoms with van der Waals surface area (Å²) in [5.41, 5.74) is 0.728. The van der Waals surface area contributed by atoms with Crippen LogP contribution in [0.2, 0.25) is 5.02 Å². The van der Waals surface area contributed by atoms with E-state index in [1.807, 2.05) is 0 Å². The Labute approximate surface area is 146 Å². The van der Waals surface area contributed by atoms with Gasteiger partial charge >= 0.3 is 0 Å². The molecule has 0 saturated heterocycles. The molecule has 0 aliphatic carbocycles. The topological polar surface area (TPSA) is 70.8 Å². The van der Waals surface area contributed by atoms with Crippen LogP contribution in [0, 0.1) is 10.1 Å². The summed E-state index contributed by atoms with van der Waals surface area (Å²) in [7, 11) is 3.10. The molecule has 2 rings (SSSR count). The molecule has 0 amide bonds. The normalized spacial score (nSPS) is 10.3. The van der Waals surface area contributed by atoms with Gasteiger partial charge < -0.3 is 14.2 Å². The van der Waals surface area contributed by atoms with E-state index < -0.39 is 4.92 Å². The van der Waals surface area contributed by atoms with Crippen LogP contribution in [0.5, 0.6) is 17.2 Å². The van der Waals surface area contributed by atoms with Gasteiger partial charge in [-0.15, -0.1) is 0 Å². The molecule has 0 unspecified atom stereocenters. The Hall–Kier alpha value is -1.99. The second-order valence-electron chi connectivity index (χ2n) is 4.46. The molecule has 122 valence electrons. The van der Waals surface area contributed by atoms with Crippen molar-refractivity contribution in [1.29, 1.82) is 0 Å². The third-order valence-electron chi connectivity index (χ3n) is 3.06. The predicted octanol–water partition coefficient (Wildman–Crippen LogP) is 4.61. The molecule has 0 spiro atoms. The van der Waals surface area contributed by atoms with Gasteiger partial charge in [-0.2, -0.15) is 0 Å². The molecule has 2 aromatic rings. The summed E-state index contributed by atoms with van der Waals surface area (Å²) in [5, 5.41) is 10.9. The molecule has 8 heteroatoms. The molecule has 0 fully saturated rings. The Bertz CT molecular complexity index is 738. The van der Waals surface area contributed by atoms with Crippen molar-refractivity contribution in [1.82, 2.24) is 0 Å². The van der Waals surface area contributed by atoms with E-state index in [1.165, 1.54) is 18.2 Å². The number of halogens is 2. The highest BCUT2D eigenvalue weighted by molar-refractivity contribution is 9.10. The van der Waals surface area contributed by atoms with Crippen LogP contribution in [0.15, 0.2) is 34.8 Å². The number of non-ortho nitro benzene ring substituents is 1. The average molecular weight is 403 g/mol. The number of hydrogen-bond donors (Lipinski definition) is 0. The second kappa shape index (κ2) is 7.52. The van der Waals surface area contributed by atoms with Crippen molar-refractivity contribution in [3.8, 4) is 17.2 Å². The Morgan fingerprint density at radius 3 is 2.35 bits per heavy atom. The van der Waals surface area contributed by atoms with Crippen molar-refractivity contribution in [3.05, 3.63) is 55.5 Å². The van der Waals surface area contributed by atoms with Crippen LogP contribution in [-0.4, -0.2) is 19.1 Å². The average Bonchev–Trinajstić information content (AvgIpc) is 2.54.